The number of amides is 1. The van der Waals surface area contributed by atoms with Crippen LogP contribution in [0.2, 0.25) is 5.02 Å². The molecule has 6 nitrogen and oxygen atoms in total. The molecule has 144 valence electrons. The summed E-state index contributed by atoms with van der Waals surface area (Å²) < 4.78 is 28.5. The van der Waals surface area contributed by atoms with E-state index in [0.29, 0.717) is 24.5 Å². The van der Waals surface area contributed by atoms with Crippen LogP contribution in [0.15, 0.2) is 24.3 Å². The van der Waals surface area contributed by atoms with Crippen molar-refractivity contribution < 1.29 is 13.2 Å². The first-order chi connectivity index (χ1) is 12.5. The number of hydrogen-bond acceptors (Lipinski definition) is 3. The topological polar surface area (TPSA) is 69.7 Å². The molecule has 26 heavy (non-hydrogen) atoms. The summed E-state index contributed by atoms with van der Waals surface area (Å²) in [5.74, 6) is -0.208. The Balaban J connectivity index is 1.62. The Bertz CT molecular complexity index is 735. The van der Waals surface area contributed by atoms with Crippen LogP contribution in [0.25, 0.3) is 0 Å². The van der Waals surface area contributed by atoms with E-state index in [-0.39, 0.29) is 25.0 Å². The fourth-order valence-electron chi connectivity index (χ4n) is 3.64. The molecule has 1 aromatic carbocycles. The molecule has 2 aliphatic rings. The van der Waals surface area contributed by atoms with Crippen molar-refractivity contribution in [2.24, 2.45) is 0 Å². The molecule has 0 aromatic heterocycles. The van der Waals surface area contributed by atoms with Gasteiger partial charge in [-0.2, -0.15) is 17.0 Å². The predicted octanol–water partition coefficient (Wildman–Crippen LogP) is 2.54. The van der Waals surface area contributed by atoms with Crippen molar-refractivity contribution in [3.05, 3.63) is 34.9 Å². The first kappa shape index (κ1) is 19.6. The summed E-state index contributed by atoms with van der Waals surface area (Å²) in [4.78, 5) is 12.3. The molecule has 8 heteroatoms. The Hall–Kier alpha value is -1.15. The van der Waals surface area contributed by atoms with Crippen LogP contribution in [0.1, 0.15) is 44.1 Å². The van der Waals surface area contributed by atoms with Crippen molar-refractivity contribution in [2.45, 2.75) is 51.1 Å². The zero-order valence-electron chi connectivity index (χ0n) is 14.9. The van der Waals surface area contributed by atoms with Crippen LogP contribution in [0.5, 0.6) is 0 Å². The van der Waals surface area contributed by atoms with Crippen molar-refractivity contribution in [3.63, 3.8) is 0 Å². The number of nitrogens with zero attached hydrogens (tertiary/aromatic N) is 2. The molecule has 0 radical (unpaired) electrons. The maximum atomic E-state index is 12.9. The highest BCUT2D eigenvalue weighted by Gasteiger charge is 2.35. The van der Waals surface area contributed by atoms with Crippen molar-refractivity contribution in [1.82, 2.24) is 13.9 Å². The van der Waals surface area contributed by atoms with Gasteiger partial charge in [0.2, 0.25) is 5.91 Å². The van der Waals surface area contributed by atoms with Gasteiger partial charge in [0.05, 0.1) is 6.54 Å². The minimum absolute atomic E-state index is 0.113. The quantitative estimate of drug-likeness (QED) is 0.827. The second kappa shape index (κ2) is 8.69. The molecule has 1 heterocycles. The van der Waals surface area contributed by atoms with Crippen LogP contribution in [0, 0.1) is 0 Å². The van der Waals surface area contributed by atoms with E-state index in [2.05, 4.69) is 5.32 Å². The number of nitrogens with one attached hydrogen (secondary N) is 1. The number of carbonyl (C=O) groups excluding carboxylic acids is 1. The van der Waals surface area contributed by atoms with E-state index in [9.17, 15) is 13.2 Å². The Kier molecular flexibility index (Phi) is 6.55. The van der Waals surface area contributed by atoms with E-state index in [1.165, 1.54) is 15.0 Å². The van der Waals surface area contributed by atoms with Gasteiger partial charge in [0.25, 0.3) is 10.2 Å². The summed E-state index contributed by atoms with van der Waals surface area (Å²) in [5, 5.41) is 3.54. The smallest absolute Gasteiger partial charge is 0.282 e. The Labute approximate surface area is 160 Å². The number of halogens is 1. The second-order valence-corrected chi connectivity index (χ2v) is 9.36. The lowest BCUT2D eigenvalue weighted by Gasteiger charge is -2.34. The summed E-state index contributed by atoms with van der Waals surface area (Å²) in [5.41, 5.74) is 0.770. The molecule has 1 saturated heterocycles. The van der Waals surface area contributed by atoms with E-state index in [1.54, 1.807) is 6.07 Å². The number of benzene rings is 1. The average molecular weight is 400 g/mol. The van der Waals surface area contributed by atoms with Gasteiger partial charge in [-0.1, -0.05) is 49.1 Å². The van der Waals surface area contributed by atoms with Crippen molar-refractivity contribution in [2.75, 3.05) is 19.6 Å². The molecule has 1 N–H and O–H groups in total. The summed E-state index contributed by atoms with van der Waals surface area (Å²) in [6.45, 7) is 0.925. The van der Waals surface area contributed by atoms with E-state index in [4.69, 9.17) is 11.6 Å². The lowest BCUT2D eigenvalue weighted by Crippen LogP contribution is -2.53. The number of rotatable bonds is 5. The molecule has 3 rings (SSSR count). The zero-order valence-corrected chi connectivity index (χ0v) is 16.4. The fraction of sp³-hybridized carbons (Fsp3) is 0.611. The lowest BCUT2D eigenvalue weighted by atomic mass is 9.95. The minimum Gasteiger partial charge on any atom is -0.352 e. The van der Waals surface area contributed by atoms with Crippen LogP contribution in [-0.2, 0) is 21.5 Å². The first-order valence-corrected chi connectivity index (χ1v) is 11.0. The summed E-state index contributed by atoms with van der Waals surface area (Å²) in [7, 11) is -3.67. The SMILES string of the molecule is O=C(CN1CCCN(Cc2ccccc2Cl)S1(=O)=O)NC1CCCCC1. The van der Waals surface area contributed by atoms with Crippen LogP contribution in [0.3, 0.4) is 0 Å². The maximum Gasteiger partial charge on any atom is 0.282 e. The van der Waals surface area contributed by atoms with E-state index >= 15 is 0 Å². The van der Waals surface area contributed by atoms with Crippen LogP contribution < -0.4 is 5.32 Å². The van der Waals surface area contributed by atoms with Gasteiger partial charge in [-0.05, 0) is 30.9 Å². The molecule has 1 saturated carbocycles. The predicted molar refractivity (Wildman–Crippen MR) is 102 cm³/mol. The summed E-state index contributed by atoms with van der Waals surface area (Å²) in [6, 6.07) is 7.42. The van der Waals surface area contributed by atoms with Gasteiger partial charge in [0, 0.05) is 30.7 Å². The Morgan fingerprint density at radius 1 is 1.08 bits per heavy atom. The van der Waals surface area contributed by atoms with Gasteiger partial charge in [-0.3, -0.25) is 4.79 Å². The minimum atomic E-state index is -3.67. The Morgan fingerprint density at radius 2 is 1.77 bits per heavy atom. The van der Waals surface area contributed by atoms with Crippen LogP contribution in [0.4, 0.5) is 0 Å². The number of carbonyl (C=O) groups is 1. The third-order valence-electron chi connectivity index (χ3n) is 5.06. The van der Waals surface area contributed by atoms with Crippen LogP contribution in [-0.4, -0.2) is 48.6 Å². The van der Waals surface area contributed by atoms with Gasteiger partial charge >= 0.3 is 0 Å². The summed E-state index contributed by atoms with van der Waals surface area (Å²) in [6.07, 6.45) is 6.12. The number of hydrogen-bond donors (Lipinski definition) is 1. The zero-order chi connectivity index (χ0) is 18.6. The van der Waals surface area contributed by atoms with E-state index < -0.39 is 10.2 Å². The van der Waals surface area contributed by atoms with Gasteiger partial charge < -0.3 is 5.32 Å². The normalized spacial score (nSPS) is 22.2. The molecule has 0 spiro atoms. The summed E-state index contributed by atoms with van der Waals surface area (Å²) >= 11 is 6.17. The molecule has 0 unspecified atom stereocenters. The van der Waals surface area contributed by atoms with Crippen molar-refractivity contribution in [3.8, 4) is 0 Å². The largest absolute Gasteiger partial charge is 0.352 e. The standard InChI is InChI=1S/C18H26ClN3O3S/c19-17-10-5-4-7-15(17)13-21-11-6-12-22(26(21,24)25)14-18(23)20-16-8-2-1-3-9-16/h4-5,7,10,16H,1-3,6,8-9,11-14H2,(H,20,23). The van der Waals surface area contributed by atoms with Crippen molar-refractivity contribution >= 4 is 27.7 Å². The van der Waals surface area contributed by atoms with Gasteiger partial charge in [-0.25, -0.2) is 0 Å². The van der Waals surface area contributed by atoms with Gasteiger partial charge in [0.15, 0.2) is 0 Å². The van der Waals surface area contributed by atoms with Gasteiger partial charge in [0.1, 0.15) is 0 Å². The van der Waals surface area contributed by atoms with Crippen molar-refractivity contribution in [1.29, 1.82) is 0 Å². The lowest BCUT2D eigenvalue weighted by molar-refractivity contribution is -0.122. The average Bonchev–Trinajstić information content (AvgIpc) is 2.61. The third kappa shape index (κ3) is 4.76. The highest BCUT2D eigenvalue weighted by Crippen LogP contribution is 2.23. The van der Waals surface area contributed by atoms with Gasteiger partial charge in [-0.15, -0.1) is 0 Å². The third-order valence-corrected chi connectivity index (χ3v) is 7.36. The molecule has 0 bridgehead atoms. The highest BCUT2D eigenvalue weighted by molar-refractivity contribution is 7.86. The molecule has 2 fully saturated rings. The maximum absolute atomic E-state index is 12.9. The molecule has 1 amide bonds. The highest BCUT2D eigenvalue weighted by atomic mass is 35.5. The van der Waals surface area contributed by atoms with Crippen LogP contribution >= 0.6 is 11.6 Å². The fourth-order valence-corrected chi connectivity index (χ4v) is 5.46. The first-order valence-electron chi connectivity index (χ1n) is 9.25. The monoisotopic (exact) mass is 399 g/mol. The molecule has 1 aliphatic heterocycles. The molecule has 1 aliphatic carbocycles. The molecular weight excluding hydrogens is 374 g/mol. The Morgan fingerprint density at radius 3 is 2.50 bits per heavy atom. The van der Waals surface area contributed by atoms with E-state index in [0.717, 1.165) is 31.2 Å². The molecule has 1 aromatic rings. The molecular formula is C18H26ClN3O3S. The second-order valence-electron chi connectivity index (χ2n) is 7.02. The molecule has 0 atom stereocenters. The van der Waals surface area contributed by atoms with E-state index in [1.807, 2.05) is 18.2 Å².